The lowest BCUT2D eigenvalue weighted by molar-refractivity contribution is -0.139. The molecule has 7 nitrogen and oxygen atoms in total. The zero-order valence-electron chi connectivity index (χ0n) is 22.5. The van der Waals surface area contributed by atoms with Crippen LogP contribution in [-0.4, -0.2) is 38.0 Å². The summed E-state index contributed by atoms with van der Waals surface area (Å²) in [6.45, 7) is 0.434. The Balaban J connectivity index is 1.33. The number of carbonyl (C=O) groups excluding carboxylic acids is 1. The second-order valence-electron chi connectivity index (χ2n) is 9.79. The van der Waals surface area contributed by atoms with E-state index in [9.17, 15) is 23.1 Å². The Bertz CT molecular complexity index is 1310. The molecule has 0 radical (unpaired) electrons. The lowest BCUT2D eigenvalue weighted by atomic mass is 10.1. The fourth-order valence-corrected chi connectivity index (χ4v) is 5.85. The van der Waals surface area contributed by atoms with Gasteiger partial charge in [0, 0.05) is 17.4 Å². The van der Waals surface area contributed by atoms with Gasteiger partial charge >= 0.3 is 5.97 Å². The summed E-state index contributed by atoms with van der Waals surface area (Å²) in [5.41, 5.74) is 3.13. The third-order valence-corrected chi connectivity index (χ3v) is 8.66. The number of sulfonamides is 1. The summed E-state index contributed by atoms with van der Waals surface area (Å²) >= 11 is 3.39. The highest BCUT2D eigenvalue weighted by atomic mass is 79.9. The average molecular weight is 630 g/mol. The Morgan fingerprint density at radius 3 is 2.05 bits per heavy atom. The van der Waals surface area contributed by atoms with Gasteiger partial charge in [-0.3, -0.25) is 9.59 Å². The van der Waals surface area contributed by atoms with Crippen molar-refractivity contribution in [2.45, 2.75) is 68.7 Å². The maximum absolute atomic E-state index is 12.8. The van der Waals surface area contributed by atoms with Gasteiger partial charge in [-0.1, -0.05) is 83.4 Å². The van der Waals surface area contributed by atoms with E-state index in [-0.39, 0.29) is 17.2 Å². The largest absolute Gasteiger partial charge is 0.480 e. The molecule has 0 heterocycles. The minimum Gasteiger partial charge on any atom is -0.480 e. The number of carboxylic acids is 1. The molecule has 214 valence electrons. The highest BCUT2D eigenvalue weighted by Gasteiger charge is 2.25. The van der Waals surface area contributed by atoms with Crippen LogP contribution in [-0.2, 0) is 26.0 Å². The van der Waals surface area contributed by atoms with Crippen molar-refractivity contribution in [3.8, 4) is 11.1 Å². The number of rotatable bonds is 17. The number of aryl methyl sites for hydroxylation is 1. The third-order valence-electron chi connectivity index (χ3n) is 6.64. The van der Waals surface area contributed by atoms with E-state index in [0.717, 1.165) is 47.7 Å². The summed E-state index contributed by atoms with van der Waals surface area (Å²) in [6.07, 6.45) is 6.73. The standard InChI is InChI=1S/C31H37BrN2O5S/c32-27-19-15-25(16-20-27)26-17-21-28(22-18-26)40(38,39)34-29(31(36)37)13-8-9-23-33-30(35)14-7-2-1-4-10-24-11-5-3-6-12-24/h3,5-6,11-12,15-22,29,34H,1-2,4,7-10,13-14,23H2,(H,33,35)(H,36,37). The van der Waals surface area contributed by atoms with Gasteiger partial charge in [0.25, 0.3) is 0 Å². The van der Waals surface area contributed by atoms with Gasteiger partial charge in [-0.25, -0.2) is 8.42 Å². The van der Waals surface area contributed by atoms with Crippen molar-refractivity contribution < 1.29 is 23.1 Å². The van der Waals surface area contributed by atoms with E-state index in [0.29, 0.717) is 25.8 Å². The van der Waals surface area contributed by atoms with Gasteiger partial charge < -0.3 is 10.4 Å². The van der Waals surface area contributed by atoms with Crippen LogP contribution in [0.3, 0.4) is 0 Å². The molecule has 0 spiro atoms. The Labute approximate surface area is 245 Å². The highest BCUT2D eigenvalue weighted by molar-refractivity contribution is 9.10. The van der Waals surface area contributed by atoms with Gasteiger partial charge in [0.05, 0.1) is 4.90 Å². The number of halogens is 1. The molecule has 0 fully saturated rings. The molecule has 0 bridgehead atoms. The van der Waals surface area contributed by atoms with Crippen LogP contribution in [0.5, 0.6) is 0 Å². The number of aliphatic carboxylic acids is 1. The number of hydrogen-bond acceptors (Lipinski definition) is 4. The molecule has 0 aliphatic heterocycles. The van der Waals surface area contributed by atoms with Gasteiger partial charge in [-0.2, -0.15) is 4.72 Å². The zero-order valence-corrected chi connectivity index (χ0v) is 24.9. The summed E-state index contributed by atoms with van der Waals surface area (Å²) in [5.74, 6) is -1.24. The van der Waals surface area contributed by atoms with Gasteiger partial charge in [0.2, 0.25) is 15.9 Å². The number of hydrogen-bond donors (Lipinski definition) is 3. The highest BCUT2D eigenvalue weighted by Crippen LogP contribution is 2.23. The summed E-state index contributed by atoms with van der Waals surface area (Å²) in [7, 11) is -4.01. The van der Waals surface area contributed by atoms with Crippen molar-refractivity contribution in [3.05, 3.63) is 88.9 Å². The van der Waals surface area contributed by atoms with E-state index in [4.69, 9.17) is 0 Å². The fraction of sp³-hybridized carbons (Fsp3) is 0.355. The van der Waals surface area contributed by atoms with Crippen LogP contribution < -0.4 is 10.0 Å². The molecule has 0 aromatic heterocycles. The molecule has 3 aromatic carbocycles. The number of amides is 1. The molecule has 1 unspecified atom stereocenters. The van der Waals surface area contributed by atoms with E-state index in [1.165, 1.54) is 17.7 Å². The first-order valence-electron chi connectivity index (χ1n) is 13.7. The number of benzene rings is 3. The fourth-order valence-electron chi connectivity index (χ4n) is 4.36. The molecule has 1 atom stereocenters. The van der Waals surface area contributed by atoms with Gasteiger partial charge in [-0.05, 0) is 79.5 Å². The average Bonchev–Trinajstić information content (AvgIpc) is 2.95. The van der Waals surface area contributed by atoms with Crippen molar-refractivity contribution in [2.75, 3.05) is 6.54 Å². The molecular formula is C31H37BrN2O5S. The quantitative estimate of drug-likeness (QED) is 0.151. The maximum Gasteiger partial charge on any atom is 0.321 e. The second-order valence-corrected chi connectivity index (χ2v) is 12.4. The van der Waals surface area contributed by atoms with Gasteiger partial charge in [0.1, 0.15) is 6.04 Å². The molecule has 40 heavy (non-hydrogen) atoms. The van der Waals surface area contributed by atoms with Crippen molar-refractivity contribution in [1.29, 1.82) is 0 Å². The van der Waals surface area contributed by atoms with E-state index in [1.807, 2.05) is 42.5 Å². The zero-order chi connectivity index (χ0) is 28.8. The van der Waals surface area contributed by atoms with Crippen molar-refractivity contribution >= 4 is 37.8 Å². The summed E-state index contributed by atoms with van der Waals surface area (Å²) in [4.78, 5) is 23.8. The maximum atomic E-state index is 12.8. The lowest BCUT2D eigenvalue weighted by Crippen LogP contribution is -2.40. The number of unbranched alkanes of at least 4 members (excludes halogenated alkanes) is 4. The van der Waals surface area contributed by atoms with Crippen LogP contribution in [0.25, 0.3) is 11.1 Å². The molecule has 0 aliphatic rings. The van der Waals surface area contributed by atoms with Crippen molar-refractivity contribution in [2.24, 2.45) is 0 Å². The summed E-state index contributed by atoms with van der Waals surface area (Å²) in [5, 5.41) is 12.4. The minimum atomic E-state index is -4.01. The molecule has 0 saturated carbocycles. The monoisotopic (exact) mass is 628 g/mol. The molecule has 3 rings (SSSR count). The predicted molar refractivity (Wildman–Crippen MR) is 161 cm³/mol. The van der Waals surface area contributed by atoms with E-state index < -0.39 is 22.0 Å². The van der Waals surface area contributed by atoms with E-state index >= 15 is 0 Å². The van der Waals surface area contributed by atoms with Crippen LogP contribution in [0.2, 0.25) is 0 Å². The number of carbonyl (C=O) groups is 2. The smallest absolute Gasteiger partial charge is 0.321 e. The van der Waals surface area contributed by atoms with Gasteiger partial charge in [-0.15, -0.1) is 0 Å². The van der Waals surface area contributed by atoms with E-state index in [2.05, 4.69) is 38.1 Å². The van der Waals surface area contributed by atoms with Crippen LogP contribution in [0, 0.1) is 0 Å². The van der Waals surface area contributed by atoms with Gasteiger partial charge in [0.15, 0.2) is 0 Å². The predicted octanol–water partition coefficient (Wildman–Crippen LogP) is 6.33. The Kier molecular flexibility index (Phi) is 12.8. The Hall–Kier alpha value is -3.01. The van der Waals surface area contributed by atoms with Crippen molar-refractivity contribution in [1.82, 2.24) is 10.0 Å². The second kappa shape index (κ2) is 16.3. The SMILES string of the molecule is O=C(CCCCCCc1ccccc1)NCCCCC(NS(=O)(=O)c1ccc(-c2ccc(Br)cc2)cc1)C(=O)O. The number of carboxylic acid groups (broad SMARTS) is 1. The van der Waals surface area contributed by atoms with Crippen LogP contribution in [0.15, 0.2) is 88.2 Å². The van der Waals surface area contributed by atoms with Crippen LogP contribution in [0.1, 0.15) is 56.9 Å². The minimum absolute atomic E-state index is 0.00643. The summed E-state index contributed by atoms with van der Waals surface area (Å²) in [6, 6.07) is 23.1. The normalized spacial score (nSPS) is 12.1. The molecule has 3 N–H and O–H groups in total. The van der Waals surface area contributed by atoms with Crippen LogP contribution >= 0.6 is 15.9 Å². The first kappa shape index (κ1) is 31.5. The molecular weight excluding hydrogens is 592 g/mol. The van der Waals surface area contributed by atoms with E-state index in [1.54, 1.807) is 12.1 Å². The summed E-state index contributed by atoms with van der Waals surface area (Å²) < 4.78 is 28.9. The Morgan fingerprint density at radius 2 is 1.40 bits per heavy atom. The van der Waals surface area contributed by atoms with Crippen LogP contribution in [0.4, 0.5) is 0 Å². The first-order chi connectivity index (χ1) is 19.2. The Morgan fingerprint density at radius 1 is 0.775 bits per heavy atom. The molecule has 0 aliphatic carbocycles. The first-order valence-corrected chi connectivity index (χ1v) is 15.9. The molecule has 9 heteroatoms. The molecule has 3 aromatic rings. The topological polar surface area (TPSA) is 113 Å². The van der Waals surface area contributed by atoms with Crippen molar-refractivity contribution in [3.63, 3.8) is 0 Å². The molecule has 1 amide bonds. The number of nitrogens with one attached hydrogen (secondary N) is 2. The third kappa shape index (κ3) is 10.9. The lowest BCUT2D eigenvalue weighted by Gasteiger charge is -2.15. The molecule has 0 saturated heterocycles.